The summed E-state index contributed by atoms with van der Waals surface area (Å²) in [6.45, 7) is 2.55. The molecule has 32 heavy (non-hydrogen) atoms. The number of pyridine rings is 2. The normalized spacial score (nSPS) is 10.7. The number of carbonyl (C=O) groups excluding carboxylic acids is 2. The average molecular weight is 445 g/mol. The summed E-state index contributed by atoms with van der Waals surface area (Å²) in [6.07, 6.45) is 4.21. The lowest BCUT2D eigenvalue weighted by molar-refractivity contribution is 0.0953. The van der Waals surface area contributed by atoms with Crippen molar-refractivity contribution in [3.05, 3.63) is 89.2 Å². The summed E-state index contributed by atoms with van der Waals surface area (Å²) >= 11 is 6.30. The van der Waals surface area contributed by atoms with Gasteiger partial charge in [-0.05, 0) is 48.9 Å². The Hall–Kier alpha value is -3.77. The highest BCUT2D eigenvalue weighted by molar-refractivity contribution is 6.34. The van der Waals surface area contributed by atoms with Crippen LogP contribution in [0.25, 0.3) is 22.2 Å². The van der Waals surface area contributed by atoms with Gasteiger partial charge in [0.2, 0.25) is 0 Å². The number of hydrogen-bond donors (Lipinski definition) is 2. The predicted molar refractivity (Wildman–Crippen MR) is 127 cm³/mol. The van der Waals surface area contributed by atoms with Crippen molar-refractivity contribution < 1.29 is 9.59 Å². The van der Waals surface area contributed by atoms with Crippen LogP contribution in [0, 0.1) is 0 Å². The Morgan fingerprint density at radius 3 is 2.47 bits per heavy atom. The summed E-state index contributed by atoms with van der Waals surface area (Å²) < 4.78 is 0. The zero-order valence-corrected chi connectivity index (χ0v) is 18.2. The first-order valence-electron chi connectivity index (χ1n) is 10.3. The number of fused-ring (bicyclic) bond motifs is 1. The predicted octanol–water partition coefficient (Wildman–Crippen LogP) is 5.34. The van der Waals surface area contributed by atoms with Gasteiger partial charge in [0.1, 0.15) is 0 Å². The van der Waals surface area contributed by atoms with Gasteiger partial charge in [0.25, 0.3) is 11.8 Å². The molecule has 0 aliphatic carbocycles. The lowest BCUT2D eigenvalue weighted by atomic mass is 10.0. The van der Waals surface area contributed by atoms with E-state index in [4.69, 9.17) is 16.6 Å². The first kappa shape index (κ1) is 21.5. The molecule has 0 saturated heterocycles. The second-order valence-corrected chi connectivity index (χ2v) is 7.62. The number of nitrogens with one attached hydrogen (secondary N) is 2. The number of para-hydroxylation sites is 1. The number of halogens is 1. The Morgan fingerprint density at radius 1 is 0.938 bits per heavy atom. The third-order valence-electron chi connectivity index (χ3n) is 4.94. The molecule has 0 spiro atoms. The van der Waals surface area contributed by atoms with Crippen molar-refractivity contribution in [2.24, 2.45) is 0 Å². The van der Waals surface area contributed by atoms with E-state index in [1.165, 1.54) is 0 Å². The van der Waals surface area contributed by atoms with Gasteiger partial charge in [-0.2, -0.15) is 0 Å². The number of anilines is 1. The van der Waals surface area contributed by atoms with Crippen LogP contribution in [0.15, 0.2) is 73.1 Å². The van der Waals surface area contributed by atoms with Crippen molar-refractivity contribution in [3.8, 4) is 11.3 Å². The largest absolute Gasteiger partial charge is 0.352 e. The first-order chi connectivity index (χ1) is 15.6. The molecule has 0 saturated carbocycles. The van der Waals surface area contributed by atoms with Gasteiger partial charge in [-0.1, -0.05) is 36.7 Å². The van der Waals surface area contributed by atoms with E-state index in [1.807, 2.05) is 43.3 Å². The molecule has 160 valence electrons. The molecule has 2 aromatic heterocycles. The Balaban J connectivity index is 1.65. The fourth-order valence-corrected chi connectivity index (χ4v) is 3.61. The molecule has 2 heterocycles. The average Bonchev–Trinajstić information content (AvgIpc) is 2.82. The van der Waals surface area contributed by atoms with Crippen LogP contribution >= 0.6 is 11.6 Å². The number of carbonyl (C=O) groups is 2. The maximum absolute atomic E-state index is 13.2. The molecule has 2 aromatic carbocycles. The molecule has 0 aliphatic rings. The summed E-state index contributed by atoms with van der Waals surface area (Å²) in [5.74, 6) is -0.532. The molecule has 0 aliphatic heterocycles. The lowest BCUT2D eigenvalue weighted by Crippen LogP contribution is -2.24. The second kappa shape index (κ2) is 9.58. The molecule has 4 rings (SSSR count). The van der Waals surface area contributed by atoms with Crippen LogP contribution < -0.4 is 10.6 Å². The van der Waals surface area contributed by atoms with Crippen LogP contribution in [0.1, 0.15) is 34.1 Å². The van der Waals surface area contributed by atoms with E-state index >= 15 is 0 Å². The number of benzene rings is 2. The Labute approximate surface area is 190 Å². The monoisotopic (exact) mass is 444 g/mol. The minimum Gasteiger partial charge on any atom is -0.352 e. The summed E-state index contributed by atoms with van der Waals surface area (Å²) in [7, 11) is 0. The van der Waals surface area contributed by atoms with E-state index in [0.29, 0.717) is 34.6 Å². The molecule has 0 bridgehead atoms. The molecule has 0 fully saturated rings. The molecule has 0 unspecified atom stereocenters. The molecule has 0 atom stereocenters. The molecule has 0 radical (unpaired) electrons. The quantitative estimate of drug-likeness (QED) is 0.420. The van der Waals surface area contributed by atoms with Crippen molar-refractivity contribution in [2.75, 3.05) is 11.9 Å². The Bertz CT molecular complexity index is 1290. The lowest BCUT2D eigenvalue weighted by Gasteiger charge is -2.12. The fraction of sp³-hybridized carbons (Fsp3) is 0.120. The van der Waals surface area contributed by atoms with E-state index in [0.717, 1.165) is 17.4 Å². The van der Waals surface area contributed by atoms with Crippen molar-refractivity contribution in [2.45, 2.75) is 13.3 Å². The van der Waals surface area contributed by atoms with Crippen LogP contribution in [-0.4, -0.2) is 28.3 Å². The van der Waals surface area contributed by atoms with E-state index in [-0.39, 0.29) is 16.8 Å². The zero-order chi connectivity index (χ0) is 22.5. The van der Waals surface area contributed by atoms with Gasteiger partial charge in [-0.3, -0.25) is 14.6 Å². The standard InChI is InChI=1S/C25H21ClN4O2/c1-2-11-28-24(31)19-8-7-17(14-21(19)26)29-25(32)20-15-23(16-9-12-27-13-10-16)30-22-6-4-3-5-18(20)22/h3-10,12-15H,2,11H2,1H3,(H,28,31)(H,29,32). The number of hydrogen-bond acceptors (Lipinski definition) is 4. The van der Waals surface area contributed by atoms with Gasteiger partial charge in [0.05, 0.1) is 27.4 Å². The first-order valence-corrected chi connectivity index (χ1v) is 10.6. The fourth-order valence-electron chi connectivity index (χ4n) is 3.34. The van der Waals surface area contributed by atoms with Crippen molar-refractivity contribution in [3.63, 3.8) is 0 Å². The van der Waals surface area contributed by atoms with Crippen LogP contribution in [0.2, 0.25) is 5.02 Å². The van der Waals surface area contributed by atoms with Gasteiger partial charge >= 0.3 is 0 Å². The summed E-state index contributed by atoms with van der Waals surface area (Å²) in [5.41, 5.74) is 3.62. The highest BCUT2D eigenvalue weighted by Gasteiger charge is 2.16. The second-order valence-electron chi connectivity index (χ2n) is 7.21. The summed E-state index contributed by atoms with van der Waals surface area (Å²) in [5, 5.41) is 6.69. The molecular weight excluding hydrogens is 424 g/mol. The molecule has 6 nitrogen and oxygen atoms in total. The molecule has 2 amide bonds. The molecular formula is C25H21ClN4O2. The van der Waals surface area contributed by atoms with Crippen LogP contribution in [0.5, 0.6) is 0 Å². The Kier molecular flexibility index (Phi) is 6.42. The van der Waals surface area contributed by atoms with Crippen molar-refractivity contribution >= 4 is 40.0 Å². The Morgan fingerprint density at radius 2 is 1.72 bits per heavy atom. The van der Waals surface area contributed by atoms with Crippen molar-refractivity contribution in [1.29, 1.82) is 0 Å². The van der Waals surface area contributed by atoms with Gasteiger partial charge in [-0.25, -0.2) is 4.98 Å². The smallest absolute Gasteiger partial charge is 0.256 e. The minimum absolute atomic E-state index is 0.239. The minimum atomic E-state index is -0.293. The zero-order valence-electron chi connectivity index (χ0n) is 17.4. The van der Waals surface area contributed by atoms with Gasteiger partial charge in [0.15, 0.2) is 0 Å². The van der Waals surface area contributed by atoms with Crippen molar-refractivity contribution in [1.82, 2.24) is 15.3 Å². The van der Waals surface area contributed by atoms with Gasteiger partial charge in [-0.15, -0.1) is 0 Å². The van der Waals surface area contributed by atoms with Gasteiger partial charge in [0, 0.05) is 35.6 Å². The third-order valence-corrected chi connectivity index (χ3v) is 5.26. The maximum atomic E-state index is 13.2. The third kappa shape index (κ3) is 4.60. The summed E-state index contributed by atoms with van der Waals surface area (Å²) in [4.78, 5) is 34.1. The van der Waals surface area contributed by atoms with Crippen LogP contribution in [0.3, 0.4) is 0 Å². The van der Waals surface area contributed by atoms with E-state index in [9.17, 15) is 9.59 Å². The molecule has 2 N–H and O–H groups in total. The van der Waals surface area contributed by atoms with E-state index < -0.39 is 0 Å². The number of nitrogens with zero attached hydrogens (tertiary/aromatic N) is 2. The summed E-state index contributed by atoms with van der Waals surface area (Å²) in [6, 6.07) is 17.8. The SMILES string of the molecule is CCCNC(=O)c1ccc(NC(=O)c2cc(-c3ccncc3)nc3ccccc23)cc1Cl. The topological polar surface area (TPSA) is 84.0 Å². The van der Waals surface area contributed by atoms with Crippen LogP contribution in [-0.2, 0) is 0 Å². The number of amides is 2. The number of rotatable bonds is 6. The van der Waals surface area contributed by atoms with E-state index in [2.05, 4.69) is 15.6 Å². The molecule has 7 heteroatoms. The maximum Gasteiger partial charge on any atom is 0.256 e. The van der Waals surface area contributed by atoms with Crippen LogP contribution in [0.4, 0.5) is 5.69 Å². The highest BCUT2D eigenvalue weighted by Crippen LogP contribution is 2.26. The molecule has 4 aromatic rings. The highest BCUT2D eigenvalue weighted by atomic mass is 35.5. The number of aromatic nitrogens is 2. The van der Waals surface area contributed by atoms with E-state index in [1.54, 1.807) is 36.7 Å². The van der Waals surface area contributed by atoms with Gasteiger partial charge < -0.3 is 10.6 Å².